The van der Waals surface area contributed by atoms with Crippen molar-refractivity contribution in [1.82, 2.24) is 10.2 Å². The summed E-state index contributed by atoms with van der Waals surface area (Å²) < 4.78 is 39.1. The molecule has 2 aromatic carbocycles. The van der Waals surface area contributed by atoms with Gasteiger partial charge in [0.2, 0.25) is 11.8 Å². The molecule has 2 amide bonds. The summed E-state index contributed by atoms with van der Waals surface area (Å²) in [6.45, 7) is 0.273. The Kier molecular flexibility index (Phi) is 7.27. The fourth-order valence-corrected chi connectivity index (χ4v) is 4.27. The number of amidine groups is 1. The van der Waals surface area contributed by atoms with E-state index in [1.54, 1.807) is 12.1 Å². The first-order chi connectivity index (χ1) is 14.7. The van der Waals surface area contributed by atoms with Gasteiger partial charge in [-0.3, -0.25) is 14.5 Å². The third kappa shape index (κ3) is 6.01. The highest BCUT2D eigenvalue weighted by Crippen LogP contribution is 2.34. The zero-order chi connectivity index (χ0) is 22.6. The van der Waals surface area contributed by atoms with Gasteiger partial charge in [-0.25, -0.2) is 4.99 Å². The van der Waals surface area contributed by atoms with Crippen molar-refractivity contribution in [3.63, 3.8) is 0 Å². The van der Waals surface area contributed by atoms with Gasteiger partial charge in [-0.2, -0.15) is 13.2 Å². The molecule has 0 aliphatic carbocycles. The van der Waals surface area contributed by atoms with Crippen LogP contribution < -0.4 is 5.32 Å². The zero-order valence-electron chi connectivity index (χ0n) is 16.4. The summed E-state index contributed by atoms with van der Waals surface area (Å²) in [6.07, 6.45) is -4.04. The van der Waals surface area contributed by atoms with Gasteiger partial charge in [0.15, 0.2) is 5.17 Å². The standard InChI is InChI=1S/C21H19ClF3N3O2S/c1-26-18(29)12-17-19(30)28(10-9-13-5-7-15(22)8-6-13)20(31-17)27-16-4-2-3-14(11-16)21(23,24)25/h2-8,11,17H,9-10,12H2,1H3,(H,26,29). The second-order valence-corrected chi connectivity index (χ2v) is 8.40. The number of hydrogen-bond acceptors (Lipinski definition) is 4. The molecular formula is C21H19ClF3N3O2S. The molecule has 0 aromatic heterocycles. The Labute approximate surface area is 186 Å². The van der Waals surface area contributed by atoms with Crippen molar-refractivity contribution in [3.8, 4) is 0 Å². The molecule has 0 spiro atoms. The molecule has 1 aliphatic rings. The van der Waals surface area contributed by atoms with E-state index >= 15 is 0 Å². The lowest BCUT2D eigenvalue weighted by atomic mass is 10.1. The molecular weight excluding hydrogens is 451 g/mol. The highest BCUT2D eigenvalue weighted by atomic mass is 35.5. The maximum absolute atomic E-state index is 13.0. The van der Waals surface area contributed by atoms with Crippen molar-refractivity contribution in [2.75, 3.05) is 13.6 Å². The summed E-state index contributed by atoms with van der Waals surface area (Å²) in [5.41, 5.74) is 0.205. The summed E-state index contributed by atoms with van der Waals surface area (Å²) >= 11 is 6.98. The molecule has 1 fully saturated rings. The molecule has 0 bridgehead atoms. The molecule has 1 saturated heterocycles. The average Bonchev–Trinajstić information content (AvgIpc) is 3.01. The number of amides is 2. The molecule has 31 heavy (non-hydrogen) atoms. The minimum Gasteiger partial charge on any atom is -0.359 e. The van der Waals surface area contributed by atoms with Crippen LogP contribution in [0.3, 0.4) is 0 Å². The largest absolute Gasteiger partial charge is 0.416 e. The van der Waals surface area contributed by atoms with Gasteiger partial charge in [0.05, 0.1) is 11.3 Å². The number of thioether (sulfide) groups is 1. The molecule has 1 heterocycles. The average molecular weight is 470 g/mol. The molecule has 164 valence electrons. The van der Waals surface area contributed by atoms with E-state index in [9.17, 15) is 22.8 Å². The lowest BCUT2D eigenvalue weighted by Gasteiger charge is -2.17. The summed E-state index contributed by atoms with van der Waals surface area (Å²) in [5, 5.41) is 2.66. The molecule has 0 saturated carbocycles. The lowest BCUT2D eigenvalue weighted by molar-refractivity contribution is -0.137. The number of nitrogens with one attached hydrogen (secondary N) is 1. The van der Waals surface area contributed by atoms with Crippen LogP contribution in [0.25, 0.3) is 0 Å². The van der Waals surface area contributed by atoms with E-state index in [4.69, 9.17) is 11.6 Å². The maximum Gasteiger partial charge on any atom is 0.416 e. The van der Waals surface area contributed by atoms with E-state index in [-0.39, 0.29) is 35.6 Å². The van der Waals surface area contributed by atoms with Crippen LogP contribution in [0.4, 0.5) is 18.9 Å². The number of carbonyl (C=O) groups is 2. The summed E-state index contributed by atoms with van der Waals surface area (Å²) in [6, 6.07) is 11.8. The summed E-state index contributed by atoms with van der Waals surface area (Å²) in [5.74, 6) is -0.600. The first-order valence-electron chi connectivity index (χ1n) is 9.36. The van der Waals surface area contributed by atoms with Gasteiger partial charge < -0.3 is 5.32 Å². The molecule has 3 rings (SSSR count). The Morgan fingerprint density at radius 1 is 1.23 bits per heavy atom. The predicted octanol–water partition coefficient (Wildman–Crippen LogP) is 4.67. The van der Waals surface area contributed by atoms with Gasteiger partial charge in [0, 0.05) is 25.0 Å². The molecule has 10 heteroatoms. The normalized spacial score (nSPS) is 18.0. The van der Waals surface area contributed by atoms with Crippen molar-refractivity contribution in [3.05, 3.63) is 64.7 Å². The van der Waals surface area contributed by atoms with E-state index in [0.29, 0.717) is 11.4 Å². The SMILES string of the molecule is CNC(=O)CC1SC(=Nc2cccc(C(F)(F)F)c2)N(CCc2ccc(Cl)cc2)C1=O. The number of rotatable bonds is 6. The number of aliphatic imine (C=N–C) groups is 1. The summed E-state index contributed by atoms with van der Waals surface area (Å²) in [7, 11) is 1.47. The van der Waals surface area contributed by atoms with E-state index in [1.807, 2.05) is 12.1 Å². The molecule has 1 unspecified atom stereocenters. The number of alkyl halides is 3. The quantitative estimate of drug-likeness (QED) is 0.668. The Morgan fingerprint density at radius 2 is 1.94 bits per heavy atom. The molecule has 5 nitrogen and oxygen atoms in total. The molecule has 1 aliphatic heterocycles. The van der Waals surface area contributed by atoms with Crippen LogP contribution in [0.1, 0.15) is 17.5 Å². The van der Waals surface area contributed by atoms with E-state index < -0.39 is 17.0 Å². The van der Waals surface area contributed by atoms with Crippen LogP contribution in [0.2, 0.25) is 5.02 Å². The molecule has 2 aromatic rings. The van der Waals surface area contributed by atoms with Crippen molar-refractivity contribution >= 4 is 46.0 Å². The highest BCUT2D eigenvalue weighted by Gasteiger charge is 2.39. The van der Waals surface area contributed by atoms with Crippen molar-refractivity contribution in [2.45, 2.75) is 24.3 Å². The van der Waals surface area contributed by atoms with Crippen molar-refractivity contribution in [1.29, 1.82) is 0 Å². The topological polar surface area (TPSA) is 61.8 Å². The zero-order valence-corrected chi connectivity index (χ0v) is 18.0. The van der Waals surface area contributed by atoms with Crippen LogP contribution >= 0.6 is 23.4 Å². The van der Waals surface area contributed by atoms with Gasteiger partial charge in [0.1, 0.15) is 5.25 Å². The summed E-state index contributed by atoms with van der Waals surface area (Å²) in [4.78, 5) is 30.4. The first kappa shape index (κ1) is 23.1. The van der Waals surface area contributed by atoms with E-state index in [0.717, 1.165) is 29.5 Å². The number of nitrogens with zero attached hydrogens (tertiary/aromatic N) is 2. The monoisotopic (exact) mass is 469 g/mol. The molecule has 0 radical (unpaired) electrons. The van der Waals surface area contributed by atoms with Gasteiger partial charge in [0.25, 0.3) is 0 Å². The lowest BCUT2D eigenvalue weighted by Crippen LogP contribution is -2.35. The Balaban J connectivity index is 1.86. The second-order valence-electron chi connectivity index (χ2n) is 6.79. The Bertz CT molecular complexity index is 996. The molecule has 1 N–H and O–H groups in total. The number of benzene rings is 2. The van der Waals surface area contributed by atoms with Crippen LogP contribution in [-0.4, -0.2) is 40.7 Å². The van der Waals surface area contributed by atoms with Crippen molar-refractivity contribution < 1.29 is 22.8 Å². The Morgan fingerprint density at radius 3 is 2.58 bits per heavy atom. The van der Waals surface area contributed by atoms with Crippen LogP contribution in [0.15, 0.2) is 53.5 Å². The van der Waals surface area contributed by atoms with Crippen molar-refractivity contribution in [2.24, 2.45) is 4.99 Å². The molecule has 1 atom stereocenters. The van der Waals surface area contributed by atoms with Gasteiger partial charge in [-0.15, -0.1) is 0 Å². The fraction of sp³-hybridized carbons (Fsp3) is 0.286. The van der Waals surface area contributed by atoms with Gasteiger partial charge >= 0.3 is 6.18 Å². The van der Waals surface area contributed by atoms with Gasteiger partial charge in [-0.1, -0.05) is 41.6 Å². The fourth-order valence-electron chi connectivity index (χ4n) is 2.96. The number of hydrogen-bond donors (Lipinski definition) is 1. The van der Waals surface area contributed by atoms with E-state index in [1.165, 1.54) is 24.1 Å². The minimum atomic E-state index is -4.50. The third-order valence-electron chi connectivity index (χ3n) is 4.61. The minimum absolute atomic E-state index is 0.0426. The van der Waals surface area contributed by atoms with Crippen LogP contribution in [-0.2, 0) is 22.2 Å². The third-order valence-corrected chi connectivity index (χ3v) is 6.03. The number of carbonyl (C=O) groups excluding carboxylic acids is 2. The van der Waals surface area contributed by atoms with Gasteiger partial charge in [-0.05, 0) is 42.3 Å². The van der Waals surface area contributed by atoms with E-state index in [2.05, 4.69) is 10.3 Å². The first-order valence-corrected chi connectivity index (χ1v) is 10.6. The smallest absolute Gasteiger partial charge is 0.359 e. The highest BCUT2D eigenvalue weighted by molar-refractivity contribution is 8.15. The maximum atomic E-state index is 13.0. The number of halogens is 4. The Hall–Kier alpha value is -2.52. The predicted molar refractivity (Wildman–Crippen MR) is 115 cm³/mol. The van der Waals surface area contributed by atoms with Crippen LogP contribution in [0.5, 0.6) is 0 Å². The van der Waals surface area contributed by atoms with Crippen LogP contribution in [0, 0.1) is 0 Å². The second kappa shape index (κ2) is 9.74.